The number of benzene rings is 2. The molecule has 0 unspecified atom stereocenters. The van der Waals surface area contributed by atoms with E-state index in [0.717, 1.165) is 33.0 Å². The molecule has 3 aromatic heterocycles. The van der Waals surface area contributed by atoms with Crippen LogP contribution in [-0.2, 0) is 5.75 Å². The average Bonchev–Trinajstić information content (AvgIpc) is 3.09. The minimum Gasteiger partial charge on any atom is -0.270 e. The zero-order valence-electron chi connectivity index (χ0n) is 14.3. The van der Waals surface area contributed by atoms with Crippen molar-refractivity contribution < 1.29 is 0 Å². The molecule has 0 spiro atoms. The van der Waals surface area contributed by atoms with Crippen LogP contribution in [0.25, 0.3) is 27.5 Å². The van der Waals surface area contributed by atoms with Crippen molar-refractivity contribution in [3.63, 3.8) is 0 Å². The molecule has 5 heteroatoms. The minimum absolute atomic E-state index is 0.803. The molecule has 2 aromatic carbocycles. The van der Waals surface area contributed by atoms with E-state index in [2.05, 4.69) is 81.1 Å². The van der Waals surface area contributed by atoms with Gasteiger partial charge in [0.2, 0.25) is 0 Å². The molecule has 0 bridgehead atoms. The van der Waals surface area contributed by atoms with Gasteiger partial charge in [-0.3, -0.25) is 9.38 Å². The van der Waals surface area contributed by atoms with E-state index >= 15 is 0 Å². The van der Waals surface area contributed by atoms with Gasteiger partial charge >= 0.3 is 0 Å². The van der Waals surface area contributed by atoms with Crippen molar-refractivity contribution >= 4 is 39.2 Å². The largest absolute Gasteiger partial charge is 0.270 e. The molecule has 0 aliphatic rings. The first kappa shape index (κ1) is 15.3. The monoisotopic (exact) mass is 356 g/mol. The lowest BCUT2D eigenvalue weighted by Gasteiger charge is -2.08. The van der Waals surface area contributed by atoms with Crippen LogP contribution in [0, 0.1) is 6.92 Å². The highest BCUT2D eigenvalue weighted by Crippen LogP contribution is 2.29. The van der Waals surface area contributed by atoms with E-state index in [1.54, 1.807) is 11.8 Å². The highest BCUT2D eigenvalue weighted by Gasteiger charge is 2.12. The third-order valence-corrected chi connectivity index (χ3v) is 5.62. The maximum atomic E-state index is 4.55. The predicted octanol–water partition coefficient (Wildman–Crippen LogP) is 5.03. The quantitative estimate of drug-likeness (QED) is 0.425. The van der Waals surface area contributed by atoms with Gasteiger partial charge in [-0.25, -0.2) is 0 Å². The molecule has 26 heavy (non-hydrogen) atoms. The summed E-state index contributed by atoms with van der Waals surface area (Å²) in [6.45, 7) is 2.12. The second kappa shape index (κ2) is 6.11. The summed E-state index contributed by atoms with van der Waals surface area (Å²) in [5.74, 6) is 0.803. The molecule has 0 N–H and O–H groups in total. The van der Waals surface area contributed by atoms with Gasteiger partial charge in [0, 0.05) is 22.7 Å². The van der Waals surface area contributed by atoms with Gasteiger partial charge in [0.05, 0.1) is 11.0 Å². The number of pyridine rings is 2. The summed E-state index contributed by atoms with van der Waals surface area (Å²) in [5.41, 5.74) is 5.51. The molecule has 126 valence electrons. The average molecular weight is 356 g/mol. The molecule has 0 saturated carbocycles. The summed E-state index contributed by atoms with van der Waals surface area (Å²) in [5, 5.41) is 12.1. The standard InChI is InChI=1S/C21H16N4S/c1-14-12-19-23-24-21(25(19)18-10-3-2-9-17(14)18)26-13-16-7-4-6-15-8-5-11-22-20(15)16/h2-12H,13H2,1H3. The summed E-state index contributed by atoms with van der Waals surface area (Å²) in [6, 6.07) is 20.9. The van der Waals surface area contributed by atoms with E-state index in [-0.39, 0.29) is 0 Å². The lowest BCUT2D eigenvalue weighted by atomic mass is 10.1. The normalized spacial score (nSPS) is 11.6. The number of aromatic nitrogens is 4. The number of nitrogens with zero attached hydrogens (tertiary/aromatic N) is 4. The molecule has 0 saturated heterocycles. The Morgan fingerprint density at radius 3 is 2.81 bits per heavy atom. The van der Waals surface area contributed by atoms with Crippen molar-refractivity contribution in [2.24, 2.45) is 0 Å². The zero-order valence-corrected chi connectivity index (χ0v) is 15.1. The molecule has 0 radical (unpaired) electrons. The summed E-state index contributed by atoms with van der Waals surface area (Å²) < 4.78 is 2.14. The Kier molecular flexibility index (Phi) is 3.60. The third-order valence-electron chi connectivity index (χ3n) is 4.65. The molecule has 0 fully saturated rings. The molecule has 5 rings (SSSR count). The Labute approximate surface area is 154 Å². The van der Waals surface area contributed by atoms with Gasteiger partial charge in [0.15, 0.2) is 10.8 Å². The summed E-state index contributed by atoms with van der Waals surface area (Å²) in [4.78, 5) is 4.55. The van der Waals surface area contributed by atoms with Crippen LogP contribution in [0.1, 0.15) is 11.1 Å². The van der Waals surface area contributed by atoms with Gasteiger partial charge in [-0.15, -0.1) is 10.2 Å². The van der Waals surface area contributed by atoms with Crippen LogP contribution in [0.5, 0.6) is 0 Å². The molecular formula is C21H16N4S. The molecule has 0 atom stereocenters. The van der Waals surface area contributed by atoms with Crippen molar-refractivity contribution in [2.75, 3.05) is 0 Å². The smallest absolute Gasteiger partial charge is 0.196 e. The number of para-hydroxylation sites is 2. The Morgan fingerprint density at radius 1 is 0.962 bits per heavy atom. The van der Waals surface area contributed by atoms with Crippen LogP contribution >= 0.6 is 11.8 Å². The Balaban J connectivity index is 1.59. The Bertz CT molecular complexity index is 1250. The zero-order chi connectivity index (χ0) is 17.5. The van der Waals surface area contributed by atoms with Crippen LogP contribution in [-0.4, -0.2) is 19.6 Å². The third kappa shape index (κ3) is 2.44. The Hall–Kier alpha value is -2.92. The van der Waals surface area contributed by atoms with E-state index in [9.17, 15) is 0 Å². The van der Waals surface area contributed by atoms with E-state index in [4.69, 9.17) is 0 Å². The fourth-order valence-electron chi connectivity index (χ4n) is 3.39. The molecule has 0 aliphatic carbocycles. The summed E-state index contributed by atoms with van der Waals surface area (Å²) in [7, 11) is 0. The van der Waals surface area contributed by atoms with Gasteiger partial charge < -0.3 is 0 Å². The van der Waals surface area contributed by atoms with E-state index in [1.807, 2.05) is 12.3 Å². The number of fused-ring (bicyclic) bond motifs is 4. The maximum Gasteiger partial charge on any atom is 0.196 e. The highest BCUT2D eigenvalue weighted by molar-refractivity contribution is 7.98. The van der Waals surface area contributed by atoms with Crippen molar-refractivity contribution in [1.29, 1.82) is 0 Å². The van der Waals surface area contributed by atoms with Crippen LogP contribution in [0.15, 0.2) is 72.0 Å². The molecule has 3 heterocycles. The lowest BCUT2D eigenvalue weighted by Crippen LogP contribution is -1.94. The molecule has 0 amide bonds. The molecule has 5 aromatic rings. The fourth-order valence-corrected chi connectivity index (χ4v) is 4.33. The van der Waals surface area contributed by atoms with Gasteiger partial charge in [0.25, 0.3) is 0 Å². The first-order valence-electron chi connectivity index (χ1n) is 8.50. The van der Waals surface area contributed by atoms with Gasteiger partial charge in [0.1, 0.15) is 0 Å². The fraction of sp³-hybridized carbons (Fsp3) is 0.0952. The topological polar surface area (TPSA) is 43.1 Å². The van der Waals surface area contributed by atoms with Crippen LogP contribution in [0.3, 0.4) is 0 Å². The number of thioether (sulfide) groups is 1. The van der Waals surface area contributed by atoms with Crippen molar-refractivity contribution in [1.82, 2.24) is 19.6 Å². The van der Waals surface area contributed by atoms with Gasteiger partial charge in [-0.2, -0.15) is 0 Å². The predicted molar refractivity (Wildman–Crippen MR) is 107 cm³/mol. The van der Waals surface area contributed by atoms with E-state index < -0.39 is 0 Å². The lowest BCUT2D eigenvalue weighted by molar-refractivity contribution is 0.940. The summed E-state index contributed by atoms with van der Waals surface area (Å²) in [6.07, 6.45) is 1.85. The van der Waals surface area contributed by atoms with Crippen LogP contribution < -0.4 is 0 Å². The number of hydrogen-bond acceptors (Lipinski definition) is 4. The van der Waals surface area contributed by atoms with Crippen molar-refractivity contribution in [3.8, 4) is 0 Å². The first-order chi connectivity index (χ1) is 12.8. The molecular weight excluding hydrogens is 340 g/mol. The molecule has 0 aliphatic heterocycles. The van der Waals surface area contributed by atoms with E-state index in [1.165, 1.54) is 16.5 Å². The van der Waals surface area contributed by atoms with Crippen molar-refractivity contribution in [3.05, 3.63) is 78.0 Å². The van der Waals surface area contributed by atoms with E-state index in [0.29, 0.717) is 0 Å². The second-order valence-electron chi connectivity index (χ2n) is 6.30. The van der Waals surface area contributed by atoms with Crippen molar-refractivity contribution in [2.45, 2.75) is 17.8 Å². The number of hydrogen-bond donors (Lipinski definition) is 0. The maximum absolute atomic E-state index is 4.55. The van der Waals surface area contributed by atoms with Gasteiger partial charge in [-0.05, 0) is 36.2 Å². The van der Waals surface area contributed by atoms with Gasteiger partial charge in [-0.1, -0.05) is 54.2 Å². The number of aryl methyl sites for hydroxylation is 1. The second-order valence-corrected chi connectivity index (χ2v) is 7.24. The minimum atomic E-state index is 0.803. The highest BCUT2D eigenvalue weighted by atomic mass is 32.2. The first-order valence-corrected chi connectivity index (χ1v) is 9.49. The summed E-state index contributed by atoms with van der Waals surface area (Å²) >= 11 is 1.69. The van der Waals surface area contributed by atoms with Crippen LogP contribution in [0.2, 0.25) is 0 Å². The Morgan fingerprint density at radius 2 is 1.85 bits per heavy atom. The number of rotatable bonds is 3. The molecule has 4 nitrogen and oxygen atoms in total. The SMILES string of the molecule is Cc1cc2nnc(SCc3cccc4cccnc34)n2c2ccccc12. The van der Waals surface area contributed by atoms with Crippen LogP contribution in [0.4, 0.5) is 0 Å².